The lowest BCUT2D eigenvalue weighted by atomic mass is 9.78. The van der Waals surface area contributed by atoms with Gasteiger partial charge < -0.3 is 5.32 Å². The van der Waals surface area contributed by atoms with Gasteiger partial charge in [-0.2, -0.15) is 0 Å². The SMILES string of the molecule is Cc1cc(C)c(NC(c2ccccc2)(c2ccccc2)c2cccc(-c3c(C(C)C)cc(C(C)C)cc3C(C)C)n2)c(C)c1. The Labute approximate surface area is 265 Å². The molecule has 0 aliphatic carbocycles. The molecule has 0 bridgehead atoms. The highest BCUT2D eigenvalue weighted by Gasteiger charge is 2.39. The Kier molecular flexibility index (Phi) is 9.11. The minimum atomic E-state index is -0.725. The first kappa shape index (κ1) is 31.3. The highest BCUT2D eigenvalue weighted by Crippen LogP contribution is 2.43. The van der Waals surface area contributed by atoms with Gasteiger partial charge in [-0.1, -0.05) is 138 Å². The highest BCUT2D eigenvalue weighted by atomic mass is 15.0. The van der Waals surface area contributed by atoms with Gasteiger partial charge in [0.05, 0.1) is 11.4 Å². The molecular formula is C42H48N2. The van der Waals surface area contributed by atoms with Crippen molar-refractivity contribution in [2.24, 2.45) is 0 Å². The molecule has 2 heteroatoms. The van der Waals surface area contributed by atoms with Crippen molar-refractivity contribution < 1.29 is 0 Å². The van der Waals surface area contributed by atoms with Crippen LogP contribution in [0.2, 0.25) is 0 Å². The fourth-order valence-corrected chi connectivity index (χ4v) is 6.65. The molecule has 0 aliphatic heterocycles. The van der Waals surface area contributed by atoms with Crippen LogP contribution in [0.1, 0.15) is 109 Å². The van der Waals surface area contributed by atoms with E-state index in [0.29, 0.717) is 17.8 Å². The van der Waals surface area contributed by atoms with Crippen LogP contribution in [0.4, 0.5) is 5.69 Å². The molecule has 0 radical (unpaired) electrons. The fourth-order valence-electron chi connectivity index (χ4n) is 6.65. The van der Waals surface area contributed by atoms with E-state index in [1.165, 1.54) is 38.9 Å². The second-order valence-electron chi connectivity index (χ2n) is 13.3. The summed E-state index contributed by atoms with van der Waals surface area (Å²) in [6.45, 7) is 20.4. The normalized spacial score (nSPS) is 11.9. The van der Waals surface area contributed by atoms with Crippen LogP contribution >= 0.6 is 0 Å². The number of pyridine rings is 1. The largest absolute Gasteiger partial charge is 0.366 e. The summed E-state index contributed by atoms with van der Waals surface area (Å²) in [5.41, 5.74) is 13.8. The topological polar surface area (TPSA) is 24.9 Å². The van der Waals surface area contributed by atoms with E-state index in [1.807, 2.05) is 0 Å². The third-order valence-electron chi connectivity index (χ3n) is 8.92. The number of anilines is 1. The maximum absolute atomic E-state index is 5.64. The van der Waals surface area contributed by atoms with Crippen molar-refractivity contribution in [2.45, 2.75) is 85.6 Å². The number of benzene rings is 4. The third kappa shape index (κ3) is 5.95. The zero-order valence-electron chi connectivity index (χ0n) is 28.0. The van der Waals surface area contributed by atoms with Crippen LogP contribution in [0, 0.1) is 20.8 Å². The molecule has 44 heavy (non-hydrogen) atoms. The van der Waals surface area contributed by atoms with Crippen LogP contribution in [0.15, 0.2) is 103 Å². The number of rotatable bonds is 9. The number of hydrogen-bond acceptors (Lipinski definition) is 2. The second-order valence-corrected chi connectivity index (χ2v) is 13.3. The van der Waals surface area contributed by atoms with Gasteiger partial charge >= 0.3 is 0 Å². The van der Waals surface area contributed by atoms with E-state index in [0.717, 1.165) is 28.2 Å². The maximum atomic E-state index is 5.64. The van der Waals surface area contributed by atoms with Gasteiger partial charge in [0.25, 0.3) is 0 Å². The Balaban J connectivity index is 1.85. The van der Waals surface area contributed by atoms with Crippen molar-refractivity contribution >= 4 is 5.69 Å². The molecule has 2 nitrogen and oxygen atoms in total. The first-order valence-electron chi connectivity index (χ1n) is 16.2. The van der Waals surface area contributed by atoms with Crippen molar-refractivity contribution in [3.05, 3.63) is 153 Å². The van der Waals surface area contributed by atoms with Gasteiger partial charge in [0, 0.05) is 11.3 Å². The Morgan fingerprint density at radius 1 is 0.568 bits per heavy atom. The Morgan fingerprint density at radius 2 is 1.07 bits per heavy atom. The van der Waals surface area contributed by atoms with Crippen molar-refractivity contribution in [1.29, 1.82) is 0 Å². The van der Waals surface area contributed by atoms with Gasteiger partial charge in [-0.25, -0.2) is 4.98 Å². The molecule has 5 aromatic rings. The average molecular weight is 581 g/mol. The summed E-state index contributed by atoms with van der Waals surface area (Å²) in [5.74, 6) is 1.21. The van der Waals surface area contributed by atoms with Gasteiger partial charge in [0.2, 0.25) is 0 Å². The summed E-state index contributed by atoms with van der Waals surface area (Å²) in [7, 11) is 0. The standard InChI is InChI=1S/C42H48N2/c1-27(2)33-25-36(28(3)4)40(37(26-33)29(5)6)38-21-16-22-39(43-38)42(34-17-12-10-13-18-34,35-19-14-11-15-20-35)44-41-31(8)23-30(7)24-32(41)9/h10-29,44H,1-9H3. The van der Waals surface area contributed by atoms with Gasteiger partial charge in [0.15, 0.2) is 0 Å². The predicted octanol–water partition coefficient (Wildman–Crippen LogP) is 11.4. The molecule has 0 unspecified atom stereocenters. The van der Waals surface area contributed by atoms with E-state index in [-0.39, 0.29) is 0 Å². The number of hydrogen-bond donors (Lipinski definition) is 1. The number of nitrogens with zero attached hydrogens (tertiary/aromatic N) is 1. The fraction of sp³-hybridized carbons (Fsp3) is 0.310. The van der Waals surface area contributed by atoms with Crippen LogP contribution in [-0.2, 0) is 5.54 Å². The van der Waals surface area contributed by atoms with Crippen LogP contribution in [0.25, 0.3) is 11.3 Å². The minimum Gasteiger partial charge on any atom is -0.366 e. The minimum absolute atomic E-state index is 0.371. The lowest BCUT2D eigenvalue weighted by Crippen LogP contribution is -2.39. The predicted molar refractivity (Wildman–Crippen MR) is 189 cm³/mol. The summed E-state index contributed by atoms with van der Waals surface area (Å²) < 4.78 is 0. The lowest BCUT2D eigenvalue weighted by Gasteiger charge is -2.38. The van der Waals surface area contributed by atoms with E-state index in [4.69, 9.17) is 4.98 Å². The summed E-state index contributed by atoms with van der Waals surface area (Å²) >= 11 is 0. The van der Waals surface area contributed by atoms with Crippen molar-refractivity contribution in [2.75, 3.05) is 5.32 Å². The second kappa shape index (κ2) is 12.8. The van der Waals surface area contributed by atoms with Crippen LogP contribution in [0.3, 0.4) is 0 Å². The summed E-state index contributed by atoms with van der Waals surface area (Å²) in [6, 6.07) is 37.6. The molecular weight excluding hydrogens is 532 g/mol. The van der Waals surface area contributed by atoms with E-state index in [9.17, 15) is 0 Å². The third-order valence-corrected chi connectivity index (χ3v) is 8.92. The van der Waals surface area contributed by atoms with E-state index in [2.05, 4.69) is 171 Å². The zero-order chi connectivity index (χ0) is 31.6. The molecule has 4 aromatic carbocycles. The first-order chi connectivity index (χ1) is 21.0. The lowest BCUT2D eigenvalue weighted by molar-refractivity contribution is 0.682. The van der Waals surface area contributed by atoms with Crippen molar-refractivity contribution in [3.63, 3.8) is 0 Å². The molecule has 1 heterocycles. The van der Waals surface area contributed by atoms with Gasteiger partial charge in [0.1, 0.15) is 5.54 Å². The van der Waals surface area contributed by atoms with Crippen molar-refractivity contribution in [1.82, 2.24) is 4.98 Å². The summed E-state index contributed by atoms with van der Waals surface area (Å²) in [6.07, 6.45) is 0. The van der Waals surface area contributed by atoms with E-state index < -0.39 is 5.54 Å². The monoisotopic (exact) mass is 580 g/mol. The number of aryl methyl sites for hydroxylation is 3. The number of nitrogens with one attached hydrogen (secondary N) is 1. The van der Waals surface area contributed by atoms with E-state index >= 15 is 0 Å². The van der Waals surface area contributed by atoms with Crippen molar-refractivity contribution in [3.8, 4) is 11.3 Å². The molecule has 0 amide bonds. The van der Waals surface area contributed by atoms with Gasteiger partial charge in [-0.15, -0.1) is 0 Å². The quantitative estimate of drug-likeness (QED) is 0.188. The zero-order valence-corrected chi connectivity index (χ0v) is 28.0. The molecule has 5 rings (SSSR count). The van der Waals surface area contributed by atoms with Crippen LogP contribution < -0.4 is 5.32 Å². The molecule has 0 aliphatic rings. The van der Waals surface area contributed by atoms with E-state index in [1.54, 1.807) is 0 Å². The summed E-state index contributed by atoms with van der Waals surface area (Å²) in [5, 5.41) is 4.12. The molecule has 0 fully saturated rings. The Bertz CT molecular complexity index is 1640. The smallest absolute Gasteiger partial charge is 0.131 e. The summed E-state index contributed by atoms with van der Waals surface area (Å²) in [4.78, 5) is 5.64. The average Bonchev–Trinajstić information content (AvgIpc) is 3.01. The van der Waals surface area contributed by atoms with Gasteiger partial charge in [-0.05, 0) is 89.6 Å². The molecule has 0 saturated heterocycles. The number of aromatic nitrogens is 1. The molecule has 0 saturated carbocycles. The first-order valence-corrected chi connectivity index (χ1v) is 16.2. The molecule has 1 N–H and O–H groups in total. The van der Waals surface area contributed by atoms with Gasteiger partial charge in [-0.3, -0.25) is 0 Å². The molecule has 0 atom stereocenters. The Hall–Kier alpha value is -4.17. The highest BCUT2D eigenvalue weighted by molar-refractivity contribution is 5.72. The molecule has 226 valence electrons. The maximum Gasteiger partial charge on any atom is 0.131 e. The molecule has 1 aromatic heterocycles. The van der Waals surface area contributed by atoms with Crippen LogP contribution in [-0.4, -0.2) is 4.98 Å². The molecule has 0 spiro atoms. The van der Waals surface area contributed by atoms with Crippen LogP contribution in [0.5, 0.6) is 0 Å². The Morgan fingerprint density at radius 3 is 1.52 bits per heavy atom.